The molecule has 0 aliphatic rings. The fourth-order valence-corrected chi connectivity index (χ4v) is 2.33. The van der Waals surface area contributed by atoms with Crippen LogP contribution in [0.25, 0.3) is 10.2 Å². The van der Waals surface area contributed by atoms with E-state index in [0.717, 1.165) is 15.8 Å². The summed E-state index contributed by atoms with van der Waals surface area (Å²) in [4.78, 5) is 14.4. The Kier molecular flexibility index (Phi) is 2.20. The SMILES string of the molecule is Cc1cc(C(=O)O)cc2s/c(=N/N)[nH]c12. The molecule has 0 unspecified atom stereocenters. The van der Waals surface area contributed by atoms with Gasteiger partial charge in [0.25, 0.3) is 0 Å². The van der Waals surface area contributed by atoms with Crippen molar-refractivity contribution < 1.29 is 9.90 Å². The Labute approximate surface area is 88.9 Å². The number of hydrogen-bond donors (Lipinski definition) is 3. The second-order valence-electron chi connectivity index (χ2n) is 3.13. The van der Waals surface area contributed by atoms with Gasteiger partial charge < -0.3 is 15.9 Å². The van der Waals surface area contributed by atoms with Crippen molar-refractivity contribution in [3.63, 3.8) is 0 Å². The van der Waals surface area contributed by atoms with Gasteiger partial charge in [0.15, 0.2) is 0 Å². The number of fused-ring (bicyclic) bond motifs is 1. The molecule has 2 rings (SSSR count). The van der Waals surface area contributed by atoms with E-state index >= 15 is 0 Å². The van der Waals surface area contributed by atoms with Crippen molar-refractivity contribution in [1.29, 1.82) is 0 Å². The van der Waals surface area contributed by atoms with Crippen LogP contribution >= 0.6 is 11.3 Å². The van der Waals surface area contributed by atoms with Gasteiger partial charge in [-0.3, -0.25) is 0 Å². The number of nitrogens with two attached hydrogens (primary N) is 1. The maximum Gasteiger partial charge on any atom is 0.335 e. The molecule has 0 fully saturated rings. The van der Waals surface area contributed by atoms with Crippen LogP contribution in [-0.2, 0) is 0 Å². The predicted molar refractivity (Wildman–Crippen MR) is 57.6 cm³/mol. The van der Waals surface area contributed by atoms with E-state index in [1.54, 1.807) is 12.1 Å². The summed E-state index contributed by atoms with van der Waals surface area (Å²) in [7, 11) is 0. The first kappa shape index (κ1) is 9.72. The van der Waals surface area contributed by atoms with Gasteiger partial charge in [-0.25, -0.2) is 4.79 Å². The van der Waals surface area contributed by atoms with E-state index in [2.05, 4.69) is 10.1 Å². The van der Waals surface area contributed by atoms with Crippen molar-refractivity contribution in [2.75, 3.05) is 0 Å². The van der Waals surface area contributed by atoms with Crippen LogP contribution in [0.15, 0.2) is 17.2 Å². The minimum absolute atomic E-state index is 0.277. The molecule has 0 atom stereocenters. The second-order valence-corrected chi connectivity index (χ2v) is 4.16. The van der Waals surface area contributed by atoms with E-state index in [-0.39, 0.29) is 5.56 Å². The lowest BCUT2D eigenvalue weighted by atomic mass is 10.1. The highest BCUT2D eigenvalue weighted by Crippen LogP contribution is 2.20. The molecule has 2 aromatic rings. The molecule has 0 aliphatic carbocycles. The summed E-state index contributed by atoms with van der Waals surface area (Å²) in [5.41, 5.74) is 2.03. The molecule has 0 amide bonds. The third-order valence-electron chi connectivity index (χ3n) is 2.10. The molecule has 1 aromatic carbocycles. The number of nitrogens with one attached hydrogen (secondary N) is 1. The third-order valence-corrected chi connectivity index (χ3v) is 3.04. The van der Waals surface area contributed by atoms with Crippen LogP contribution in [0.2, 0.25) is 0 Å². The molecule has 78 valence electrons. The van der Waals surface area contributed by atoms with Crippen LogP contribution in [0.1, 0.15) is 15.9 Å². The van der Waals surface area contributed by atoms with E-state index in [0.29, 0.717) is 4.80 Å². The van der Waals surface area contributed by atoms with Crippen LogP contribution in [0.5, 0.6) is 0 Å². The number of aromatic amines is 1. The number of benzene rings is 1. The number of nitrogens with zero attached hydrogens (tertiary/aromatic N) is 1. The highest BCUT2D eigenvalue weighted by molar-refractivity contribution is 7.16. The molecule has 1 heterocycles. The fraction of sp³-hybridized carbons (Fsp3) is 0.111. The molecule has 0 saturated carbocycles. The summed E-state index contributed by atoms with van der Waals surface area (Å²) in [6, 6.07) is 3.23. The Bertz CT molecular complexity index is 597. The van der Waals surface area contributed by atoms with Gasteiger partial charge in [-0.15, -0.1) is 0 Å². The standard InChI is InChI=1S/C9H9N3O2S/c1-4-2-5(8(13)14)3-6-7(4)11-9(12-10)15-6/h2-3H,10H2,1H3,(H,11,12)(H,13,14). The minimum atomic E-state index is -0.931. The summed E-state index contributed by atoms with van der Waals surface area (Å²) in [6.45, 7) is 1.85. The van der Waals surface area contributed by atoms with Gasteiger partial charge in [0.1, 0.15) is 0 Å². The van der Waals surface area contributed by atoms with Crippen molar-refractivity contribution in [2.45, 2.75) is 6.92 Å². The first-order valence-corrected chi connectivity index (χ1v) is 5.04. The molecule has 1 aromatic heterocycles. The van der Waals surface area contributed by atoms with Crippen molar-refractivity contribution in [3.8, 4) is 0 Å². The minimum Gasteiger partial charge on any atom is -0.478 e. The van der Waals surface area contributed by atoms with E-state index in [4.69, 9.17) is 10.9 Å². The highest BCUT2D eigenvalue weighted by atomic mass is 32.1. The summed E-state index contributed by atoms with van der Waals surface area (Å²) in [5.74, 6) is 4.22. The first-order chi connectivity index (χ1) is 7.11. The molecule has 0 spiro atoms. The van der Waals surface area contributed by atoms with E-state index < -0.39 is 5.97 Å². The Balaban J connectivity index is 2.81. The number of H-pyrrole nitrogens is 1. The number of aryl methyl sites for hydroxylation is 1. The lowest BCUT2D eigenvalue weighted by Crippen LogP contribution is -2.01. The van der Waals surface area contributed by atoms with Crippen molar-refractivity contribution in [2.24, 2.45) is 10.9 Å². The zero-order valence-electron chi connectivity index (χ0n) is 7.94. The fourth-order valence-electron chi connectivity index (χ4n) is 1.41. The highest BCUT2D eigenvalue weighted by Gasteiger charge is 2.08. The molecular formula is C9H9N3O2S. The quantitative estimate of drug-likeness (QED) is 0.497. The summed E-state index contributed by atoms with van der Waals surface area (Å²) in [6.07, 6.45) is 0. The maximum atomic E-state index is 10.8. The van der Waals surface area contributed by atoms with Crippen LogP contribution < -0.4 is 10.6 Å². The molecule has 5 nitrogen and oxygen atoms in total. The maximum absolute atomic E-state index is 10.8. The molecule has 0 saturated heterocycles. The van der Waals surface area contributed by atoms with Gasteiger partial charge in [0, 0.05) is 0 Å². The number of hydrogen-bond acceptors (Lipinski definition) is 4. The number of carbonyl (C=O) groups is 1. The average molecular weight is 223 g/mol. The monoisotopic (exact) mass is 223 g/mol. The number of carboxylic acids is 1. The first-order valence-electron chi connectivity index (χ1n) is 4.22. The van der Waals surface area contributed by atoms with Gasteiger partial charge in [0.2, 0.25) is 4.80 Å². The van der Waals surface area contributed by atoms with Crippen LogP contribution in [0, 0.1) is 6.92 Å². The number of rotatable bonds is 1. The van der Waals surface area contributed by atoms with E-state index in [9.17, 15) is 4.79 Å². The Morgan fingerprint density at radius 2 is 2.33 bits per heavy atom. The molecule has 6 heteroatoms. The van der Waals surface area contributed by atoms with Crippen LogP contribution in [-0.4, -0.2) is 16.1 Å². The molecular weight excluding hydrogens is 214 g/mol. The van der Waals surface area contributed by atoms with Crippen molar-refractivity contribution in [3.05, 3.63) is 28.1 Å². The molecule has 0 aliphatic heterocycles. The predicted octanol–water partition coefficient (Wildman–Crippen LogP) is 1.01. The summed E-state index contributed by atoms with van der Waals surface area (Å²) < 4.78 is 0.844. The Hall–Kier alpha value is -1.82. The number of aromatic carboxylic acids is 1. The van der Waals surface area contributed by atoms with E-state index in [1.165, 1.54) is 11.3 Å². The molecule has 0 radical (unpaired) electrons. The summed E-state index contributed by atoms with van der Waals surface area (Å²) in [5, 5.41) is 12.4. The Morgan fingerprint density at radius 3 is 2.93 bits per heavy atom. The smallest absolute Gasteiger partial charge is 0.335 e. The number of carboxylic acid groups (broad SMARTS) is 1. The van der Waals surface area contributed by atoms with Gasteiger partial charge in [0.05, 0.1) is 15.8 Å². The third kappa shape index (κ3) is 1.59. The topological polar surface area (TPSA) is 91.5 Å². The van der Waals surface area contributed by atoms with Gasteiger partial charge in [-0.05, 0) is 24.6 Å². The normalized spacial score (nSPS) is 12.2. The van der Waals surface area contributed by atoms with Gasteiger partial charge >= 0.3 is 5.97 Å². The summed E-state index contributed by atoms with van der Waals surface area (Å²) >= 11 is 1.33. The number of aromatic nitrogens is 1. The number of thiazole rings is 1. The van der Waals surface area contributed by atoms with Gasteiger partial charge in [-0.2, -0.15) is 5.10 Å². The Morgan fingerprint density at radius 1 is 1.60 bits per heavy atom. The second kappa shape index (κ2) is 3.39. The average Bonchev–Trinajstić information content (AvgIpc) is 2.61. The zero-order valence-corrected chi connectivity index (χ0v) is 8.76. The zero-order chi connectivity index (χ0) is 11.0. The molecule has 15 heavy (non-hydrogen) atoms. The van der Waals surface area contributed by atoms with E-state index in [1.807, 2.05) is 6.92 Å². The van der Waals surface area contributed by atoms with Crippen molar-refractivity contribution >= 4 is 27.5 Å². The van der Waals surface area contributed by atoms with Crippen molar-refractivity contribution in [1.82, 2.24) is 4.98 Å². The van der Waals surface area contributed by atoms with Crippen LogP contribution in [0.4, 0.5) is 0 Å². The largest absolute Gasteiger partial charge is 0.478 e. The van der Waals surface area contributed by atoms with Crippen LogP contribution in [0.3, 0.4) is 0 Å². The lowest BCUT2D eigenvalue weighted by Gasteiger charge is -1.98. The van der Waals surface area contributed by atoms with Gasteiger partial charge in [-0.1, -0.05) is 11.3 Å². The molecule has 0 bridgehead atoms. The lowest BCUT2D eigenvalue weighted by molar-refractivity contribution is 0.0697. The molecule has 4 N–H and O–H groups in total.